The SMILES string of the molecule is CCOc1ccc(C(=O)CCC(=O)NC(CC(=O)OC(C)C)c2ccccc2)cc1. The average molecular weight is 411 g/mol. The second-order valence-corrected chi connectivity index (χ2v) is 7.15. The number of hydrogen-bond donors (Lipinski definition) is 1. The first kappa shape index (κ1) is 23.1. The van der Waals surface area contributed by atoms with E-state index in [1.54, 1.807) is 38.1 Å². The highest BCUT2D eigenvalue weighted by Crippen LogP contribution is 2.19. The maximum absolute atomic E-state index is 12.5. The van der Waals surface area contributed by atoms with E-state index in [1.165, 1.54) is 0 Å². The van der Waals surface area contributed by atoms with Gasteiger partial charge in [-0.15, -0.1) is 0 Å². The highest BCUT2D eigenvalue weighted by Gasteiger charge is 2.20. The van der Waals surface area contributed by atoms with Crippen LogP contribution in [-0.4, -0.2) is 30.4 Å². The van der Waals surface area contributed by atoms with Gasteiger partial charge in [0.25, 0.3) is 0 Å². The zero-order valence-electron chi connectivity index (χ0n) is 17.7. The molecule has 2 rings (SSSR count). The highest BCUT2D eigenvalue weighted by molar-refractivity contribution is 5.98. The van der Waals surface area contributed by atoms with Gasteiger partial charge in [-0.05, 0) is 50.6 Å². The molecule has 0 bridgehead atoms. The summed E-state index contributed by atoms with van der Waals surface area (Å²) in [5.41, 5.74) is 1.34. The zero-order valence-corrected chi connectivity index (χ0v) is 17.7. The van der Waals surface area contributed by atoms with E-state index in [9.17, 15) is 14.4 Å². The average Bonchev–Trinajstić information content (AvgIpc) is 2.72. The van der Waals surface area contributed by atoms with Crippen LogP contribution in [0, 0.1) is 0 Å². The Bertz CT molecular complexity index is 830. The maximum atomic E-state index is 12.5. The molecule has 0 heterocycles. The summed E-state index contributed by atoms with van der Waals surface area (Å²) in [4.78, 5) is 37.0. The predicted octanol–water partition coefficient (Wildman–Crippen LogP) is 4.25. The van der Waals surface area contributed by atoms with Crippen molar-refractivity contribution in [2.75, 3.05) is 6.61 Å². The summed E-state index contributed by atoms with van der Waals surface area (Å²) in [6.45, 7) is 6.00. The second kappa shape index (κ2) is 11.8. The molecular weight excluding hydrogens is 382 g/mol. The third-order valence-corrected chi connectivity index (χ3v) is 4.34. The molecule has 30 heavy (non-hydrogen) atoms. The van der Waals surface area contributed by atoms with E-state index < -0.39 is 6.04 Å². The standard InChI is InChI=1S/C24H29NO5/c1-4-29-20-12-10-19(11-13-20)22(26)14-15-23(27)25-21(16-24(28)30-17(2)3)18-8-6-5-7-9-18/h5-13,17,21H,4,14-16H2,1-3H3,(H,25,27). The third-order valence-electron chi connectivity index (χ3n) is 4.34. The molecule has 1 atom stereocenters. The molecule has 0 radical (unpaired) electrons. The summed E-state index contributed by atoms with van der Waals surface area (Å²) in [6.07, 6.45) is -0.0796. The molecule has 160 valence electrons. The van der Waals surface area contributed by atoms with Gasteiger partial charge in [-0.2, -0.15) is 0 Å². The molecular formula is C24H29NO5. The Morgan fingerprint density at radius 3 is 2.20 bits per heavy atom. The number of carbonyl (C=O) groups is 3. The highest BCUT2D eigenvalue weighted by atomic mass is 16.5. The molecule has 6 heteroatoms. The van der Waals surface area contributed by atoms with Gasteiger partial charge in [0.15, 0.2) is 5.78 Å². The first-order chi connectivity index (χ1) is 14.4. The lowest BCUT2D eigenvalue weighted by molar-refractivity contribution is -0.148. The third kappa shape index (κ3) is 7.70. The molecule has 2 aromatic rings. The van der Waals surface area contributed by atoms with Crippen LogP contribution in [0.5, 0.6) is 5.75 Å². The van der Waals surface area contributed by atoms with Crippen molar-refractivity contribution in [3.05, 3.63) is 65.7 Å². The van der Waals surface area contributed by atoms with Gasteiger partial charge < -0.3 is 14.8 Å². The van der Waals surface area contributed by atoms with Crippen LogP contribution in [0.3, 0.4) is 0 Å². The summed E-state index contributed by atoms with van der Waals surface area (Å²) in [7, 11) is 0. The molecule has 1 unspecified atom stereocenters. The Hall–Kier alpha value is -3.15. The van der Waals surface area contributed by atoms with Crippen LogP contribution < -0.4 is 10.1 Å². The molecule has 6 nitrogen and oxygen atoms in total. The summed E-state index contributed by atoms with van der Waals surface area (Å²) in [5.74, 6) is -0.0976. The fraction of sp³-hybridized carbons (Fsp3) is 0.375. The predicted molar refractivity (Wildman–Crippen MR) is 114 cm³/mol. The number of rotatable bonds is 11. The van der Waals surface area contributed by atoms with E-state index in [1.807, 2.05) is 37.3 Å². The Balaban J connectivity index is 1.94. The van der Waals surface area contributed by atoms with Gasteiger partial charge in [-0.1, -0.05) is 30.3 Å². The molecule has 1 N–H and O–H groups in total. The number of nitrogens with one attached hydrogen (secondary N) is 1. The minimum absolute atomic E-state index is 0.0285. The Morgan fingerprint density at radius 1 is 0.933 bits per heavy atom. The zero-order chi connectivity index (χ0) is 21.9. The largest absolute Gasteiger partial charge is 0.494 e. The number of benzene rings is 2. The van der Waals surface area contributed by atoms with Crippen LogP contribution in [0.1, 0.15) is 62.0 Å². The van der Waals surface area contributed by atoms with Gasteiger partial charge in [0, 0.05) is 18.4 Å². The van der Waals surface area contributed by atoms with E-state index >= 15 is 0 Å². The molecule has 0 fully saturated rings. The molecule has 1 amide bonds. The van der Waals surface area contributed by atoms with Crippen molar-refractivity contribution in [1.82, 2.24) is 5.32 Å². The monoisotopic (exact) mass is 411 g/mol. The van der Waals surface area contributed by atoms with Crippen molar-refractivity contribution in [3.8, 4) is 5.75 Å². The van der Waals surface area contributed by atoms with E-state index in [-0.39, 0.29) is 43.0 Å². The lowest BCUT2D eigenvalue weighted by Crippen LogP contribution is -2.31. The normalized spacial score (nSPS) is 11.6. The molecule has 0 aliphatic rings. The topological polar surface area (TPSA) is 81.7 Å². The van der Waals surface area contributed by atoms with Crippen molar-refractivity contribution < 1.29 is 23.9 Å². The lowest BCUT2D eigenvalue weighted by Gasteiger charge is -2.19. The molecule has 0 aromatic heterocycles. The lowest BCUT2D eigenvalue weighted by atomic mass is 10.0. The Kier molecular flexibility index (Phi) is 9.06. The summed E-state index contributed by atoms with van der Waals surface area (Å²) >= 11 is 0. The number of amides is 1. The first-order valence-electron chi connectivity index (χ1n) is 10.2. The van der Waals surface area contributed by atoms with Crippen LogP contribution in [0.15, 0.2) is 54.6 Å². The van der Waals surface area contributed by atoms with E-state index in [0.717, 1.165) is 5.56 Å². The number of ether oxygens (including phenoxy) is 2. The second-order valence-electron chi connectivity index (χ2n) is 7.15. The van der Waals surface area contributed by atoms with Crippen molar-refractivity contribution in [3.63, 3.8) is 0 Å². The van der Waals surface area contributed by atoms with Crippen molar-refractivity contribution >= 4 is 17.7 Å². The molecule has 0 aliphatic carbocycles. The molecule has 0 saturated carbocycles. The fourth-order valence-corrected chi connectivity index (χ4v) is 2.96. The molecule has 0 spiro atoms. The fourth-order valence-electron chi connectivity index (χ4n) is 2.96. The number of esters is 1. The van der Waals surface area contributed by atoms with Gasteiger partial charge in [-0.3, -0.25) is 14.4 Å². The number of carbonyl (C=O) groups excluding carboxylic acids is 3. The molecule has 0 saturated heterocycles. The maximum Gasteiger partial charge on any atom is 0.308 e. The molecule has 2 aromatic carbocycles. The van der Waals surface area contributed by atoms with E-state index in [0.29, 0.717) is 17.9 Å². The summed E-state index contributed by atoms with van der Waals surface area (Å²) < 4.78 is 10.6. The summed E-state index contributed by atoms with van der Waals surface area (Å²) in [5, 5.41) is 2.86. The number of hydrogen-bond acceptors (Lipinski definition) is 5. The molecule has 0 aliphatic heterocycles. The number of ketones is 1. The van der Waals surface area contributed by atoms with Crippen LogP contribution in [0.4, 0.5) is 0 Å². The van der Waals surface area contributed by atoms with Gasteiger partial charge in [0.2, 0.25) is 5.91 Å². The minimum atomic E-state index is -0.509. The van der Waals surface area contributed by atoms with Crippen molar-refractivity contribution in [2.24, 2.45) is 0 Å². The van der Waals surface area contributed by atoms with Crippen molar-refractivity contribution in [2.45, 2.75) is 52.2 Å². The minimum Gasteiger partial charge on any atom is -0.494 e. The van der Waals surface area contributed by atoms with Gasteiger partial charge >= 0.3 is 5.97 Å². The van der Waals surface area contributed by atoms with Gasteiger partial charge in [0.1, 0.15) is 5.75 Å². The van der Waals surface area contributed by atoms with Crippen LogP contribution in [0.25, 0.3) is 0 Å². The van der Waals surface area contributed by atoms with Crippen molar-refractivity contribution in [1.29, 1.82) is 0 Å². The smallest absolute Gasteiger partial charge is 0.308 e. The van der Waals surface area contributed by atoms with Gasteiger partial charge in [0.05, 0.1) is 25.2 Å². The number of Topliss-reactive ketones (excluding diaryl/α,β-unsaturated/α-hetero) is 1. The Labute approximate surface area is 177 Å². The first-order valence-corrected chi connectivity index (χ1v) is 10.2. The van der Waals surface area contributed by atoms with Crippen LogP contribution >= 0.6 is 0 Å². The quantitative estimate of drug-likeness (QED) is 0.442. The van der Waals surface area contributed by atoms with Crippen LogP contribution in [0.2, 0.25) is 0 Å². The summed E-state index contributed by atoms with van der Waals surface area (Å²) in [6, 6.07) is 15.6. The van der Waals surface area contributed by atoms with E-state index in [2.05, 4.69) is 5.32 Å². The van der Waals surface area contributed by atoms with E-state index in [4.69, 9.17) is 9.47 Å². The van der Waals surface area contributed by atoms with Crippen LogP contribution in [-0.2, 0) is 14.3 Å². The Morgan fingerprint density at radius 2 is 1.60 bits per heavy atom. The van der Waals surface area contributed by atoms with Gasteiger partial charge in [-0.25, -0.2) is 0 Å².